The van der Waals surface area contributed by atoms with E-state index in [2.05, 4.69) is 5.32 Å². The van der Waals surface area contributed by atoms with E-state index in [-0.39, 0.29) is 11.8 Å². The summed E-state index contributed by atoms with van der Waals surface area (Å²) in [5.74, 6) is 1.42. The van der Waals surface area contributed by atoms with E-state index in [1.165, 1.54) is 12.0 Å². The summed E-state index contributed by atoms with van der Waals surface area (Å²) in [4.78, 5) is 12.2. The summed E-state index contributed by atoms with van der Waals surface area (Å²) in [5.41, 5.74) is 6.94. The van der Waals surface area contributed by atoms with Crippen molar-refractivity contribution in [1.29, 1.82) is 0 Å². The first-order chi connectivity index (χ1) is 10.2. The third-order valence-corrected chi connectivity index (χ3v) is 4.21. The van der Waals surface area contributed by atoms with Crippen LogP contribution in [-0.2, 0) is 4.79 Å². The van der Waals surface area contributed by atoms with Gasteiger partial charge in [0.05, 0.1) is 6.54 Å². The predicted octanol–water partition coefficient (Wildman–Crippen LogP) is 2.26. The maximum Gasteiger partial charge on any atom is 0.223 e. The van der Waals surface area contributed by atoms with Crippen molar-refractivity contribution in [2.24, 2.45) is 17.6 Å². The standard InChI is InChI=1S/C17H26N2O2/c1-13-5-4-7-15(11-13)21-10-9-19-17(20)16-8-3-2-6-14(16)12-18/h4-5,7,11,14,16H,2-3,6,8-10,12,18H2,1H3,(H,19,20). The molecule has 116 valence electrons. The van der Waals surface area contributed by atoms with Crippen molar-refractivity contribution in [3.8, 4) is 5.75 Å². The Morgan fingerprint density at radius 2 is 2.19 bits per heavy atom. The maximum atomic E-state index is 12.2. The summed E-state index contributed by atoms with van der Waals surface area (Å²) in [5, 5.41) is 2.98. The van der Waals surface area contributed by atoms with Gasteiger partial charge in [0.1, 0.15) is 12.4 Å². The topological polar surface area (TPSA) is 64.3 Å². The molecule has 1 aromatic carbocycles. The van der Waals surface area contributed by atoms with Crippen LogP contribution in [0.3, 0.4) is 0 Å². The van der Waals surface area contributed by atoms with Crippen LogP contribution in [0.1, 0.15) is 31.2 Å². The molecule has 0 saturated heterocycles. The Bertz CT molecular complexity index is 462. The summed E-state index contributed by atoms with van der Waals surface area (Å²) >= 11 is 0. The van der Waals surface area contributed by atoms with Gasteiger partial charge in [-0.3, -0.25) is 4.79 Å². The average molecular weight is 290 g/mol. The highest BCUT2D eigenvalue weighted by atomic mass is 16.5. The fourth-order valence-electron chi connectivity index (χ4n) is 3.01. The van der Waals surface area contributed by atoms with Crippen molar-refractivity contribution in [2.75, 3.05) is 19.7 Å². The van der Waals surface area contributed by atoms with Crippen molar-refractivity contribution in [1.82, 2.24) is 5.32 Å². The minimum Gasteiger partial charge on any atom is -0.492 e. The van der Waals surface area contributed by atoms with Crippen molar-refractivity contribution in [2.45, 2.75) is 32.6 Å². The molecule has 0 radical (unpaired) electrons. The molecule has 1 amide bonds. The Balaban J connectivity index is 1.71. The number of benzene rings is 1. The lowest BCUT2D eigenvalue weighted by Crippen LogP contribution is -2.40. The van der Waals surface area contributed by atoms with Crippen molar-refractivity contribution in [3.63, 3.8) is 0 Å². The fourth-order valence-corrected chi connectivity index (χ4v) is 3.01. The van der Waals surface area contributed by atoms with Crippen LogP contribution in [0, 0.1) is 18.8 Å². The number of carbonyl (C=O) groups excluding carboxylic acids is 1. The summed E-state index contributed by atoms with van der Waals surface area (Å²) in [7, 11) is 0. The zero-order chi connectivity index (χ0) is 15.1. The minimum absolute atomic E-state index is 0.0859. The van der Waals surface area contributed by atoms with Gasteiger partial charge in [0.2, 0.25) is 5.91 Å². The Morgan fingerprint density at radius 1 is 1.38 bits per heavy atom. The lowest BCUT2D eigenvalue weighted by molar-refractivity contribution is -0.127. The third kappa shape index (κ3) is 4.74. The fraction of sp³-hybridized carbons (Fsp3) is 0.588. The Morgan fingerprint density at radius 3 is 2.95 bits per heavy atom. The molecule has 3 N–H and O–H groups in total. The second-order valence-corrected chi connectivity index (χ2v) is 5.84. The molecule has 1 aromatic rings. The highest BCUT2D eigenvalue weighted by Gasteiger charge is 2.29. The summed E-state index contributed by atoms with van der Waals surface area (Å²) in [6, 6.07) is 7.93. The van der Waals surface area contributed by atoms with Crippen molar-refractivity contribution < 1.29 is 9.53 Å². The maximum absolute atomic E-state index is 12.2. The monoisotopic (exact) mass is 290 g/mol. The van der Waals surface area contributed by atoms with Gasteiger partial charge in [0.25, 0.3) is 0 Å². The van der Waals surface area contributed by atoms with Crippen LogP contribution in [0.15, 0.2) is 24.3 Å². The molecular weight excluding hydrogens is 264 g/mol. The normalized spacial score (nSPS) is 21.8. The molecule has 1 aliphatic rings. The first kappa shape index (κ1) is 15.8. The zero-order valence-corrected chi connectivity index (χ0v) is 12.8. The van der Waals surface area contributed by atoms with Crippen molar-refractivity contribution >= 4 is 5.91 Å². The molecule has 4 heteroatoms. The number of ether oxygens (including phenoxy) is 1. The zero-order valence-electron chi connectivity index (χ0n) is 12.8. The van der Waals surface area contributed by atoms with Gasteiger partial charge in [-0.1, -0.05) is 25.0 Å². The minimum atomic E-state index is 0.0859. The van der Waals surface area contributed by atoms with Crippen LogP contribution in [0.5, 0.6) is 5.75 Å². The first-order valence-corrected chi connectivity index (χ1v) is 7.88. The molecule has 1 saturated carbocycles. The van der Waals surface area contributed by atoms with Crippen LogP contribution in [0.25, 0.3) is 0 Å². The molecule has 2 rings (SSSR count). The second kappa shape index (κ2) is 8.03. The summed E-state index contributed by atoms with van der Waals surface area (Å²) < 4.78 is 5.64. The number of nitrogens with one attached hydrogen (secondary N) is 1. The highest BCUT2D eigenvalue weighted by molar-refractivity contribution is 5.79. The van der Waals surface area contributed by atoms with Crippen LogP contribution < -0.4 is 15.8 Å². The average Bonchev–Trinajstić information content (AvgIpc) is 2.51. The molecule has 0 aliphatic heterocycles. The summed E-state index contributed by atoms with van der Waals surface area (Å²) in [6.45, 7) is 3.68. The van der Waals surface area contributed by atoms with Gasteiger partial charge in [0, 0.05) is 5.92 Å². The van der Waals surface area contributed by atoms with E-state index >= 15 is 0 Å². The van der Waals surface area contributed by atoms with Gasteiger partial charge >= 0.3 is 0 Å². The van der Waals surface area contributed by atoms with Crippen LogP contribution >= 0.6 is 0 Å². The first-order valence-electron chi connectivity index (χ1n) is 7.88. The molecule has 21 heavy (non-hydrogen) atoms. The van der Waals surface area contributed by atoms with Crippen molar-refractivity contribution in [3.05, 3.63) is 29.8 Å². The second-order valence-electron chi connectivity index (χ2n) is 5.84. The molecule has 2 unspecified atom stereocenters. The molecule has 1 aliphatic carbocycles. The van der Waals surface area contributed by atoms with E-state index in [9.17, 15) is 4.79 Å². The third-order valence-electron chi connectivity index (χ3n) is 4.21. The van der Waals surface area contributed by atoms with Crippen LogP contribution in [0.4, 0.5) is 0 Å². The number of rotatable bonds is 6. The molecular formula is C17H26N2O2. The molecule has 2 atom stereocenters. The van der Waals surface area contributed by atoms with E-state index < -0.39 is 0 Å². The van der Waals surface area contributed by atoms with E-state index in [0.717, 1.165) is 25.0 Å². The number of hydrogen-bond acceptors (Lipinski definition) is 3. The summed E-state index contributed by atoms with van der Waals surface area (Å²) in [6.07, 6.45) is 4.37. The van der Waals surface area contributed by atoms with E-state index in [1.807, 2.05) is 31.2 Å². The molecule has 1 fully saturated rings. The number of nitrogens with two attached hydrogens (primary N) is 1. The van der Waals surface area contributed by atoms with Gasteiger partial charge in [-0.15, -0.1) is 0 Å². The number of carbonyl (C=O) groups is 1. The molecule has 0 spiro atoms. The van der Waals surface area contributed by atoms with E-state index in [4.69, 9.17) is 10.5 Å². The van der Waals surface area contributed by atoms with E-state index in [0.29, 0.717) is 25.6 Å². The van der Waals surface area contributed by atoms with Gasteiger partial charge in [-0.2, -0.15) is 0 Å². The Hall–Kier alpha value is -1.55. The van der Waals surface area contributed by atoms with Gasteiger partial charge in [0.15, 0.2) is 0 Å². The van der Waals surface area contributed by atoms with Crippen LogP contribution in [0.2, 0.25) is 0 Å². The highest BCUT2D eigenvalue weighted by Crippen LogP contribution is 2.29. The number of aryl methyl sites for hydroxylation is 1. The van der Waals surface area contributed by atoms with Crippen LogP contribution in [-0.4, -0.2) is 25.6 Å². The molecule has 0 heterocycles. The molecule has 4 nitrogen and oxygen atoms in total. The van der Waals surface area contributed by atoms with Gasteiger partial charge in [-0.05, 0) is 49.9 Å². The van der Waals surface area contributed by atoms with Gasteiger partial charge in [-0.25, -0.2) is 0 Å². The molecule has 0 bridgehead atoms. The quantitative estimate of drug-likeness (QED) is 0.790. The largest absolute Gasteiger partial charge is 0.492 e. The smallest absolute Gasteiger partial charge is 0.223 e. The predicted molar refractivity (Wildman–Crippen MR) is 84.2 cm³/mol. The Kier molecular flexibility index (Phi) is 6.05. The molecule has 0 aromatic heterocycles. The van der Waals surface area contributed by atoms with Gasteiger partial charge < -0.3 is 15.8 Å². The lowest BCUT2D eigenvalue weighted by atomic mass is 9.79. The number of amides is 1. The SMILES string of the molecule is Cc1cccc(OCCNC(=O)C2CCCCC2CN)c1. The Labute approximate surface area is 127 Å². The van der Waals surface area contributed by atoms with E-state index in [1.54, 1.807) is 0 Å². The number of hydrogen-bond donors (Lipinski definition) is 2. The lowest BCUT2D eigenvalue weighted by Gasteiger charge is -2.29.